The van der Waals surface area contributed by atoms with Gasteiger partial charge in [0, 0.05) is 35.6 Å². The molecular formula is C22H22O7. The maximum atomic E-state index is 13.3. The van der Waals surface area contributed by atoms with Gasteiger partial charge in [-0.1, -0.05) is 38.1 Å². The second-order valence-corrected chi connectivity index (χ2v) is 8.11. The molecule has 2 aliphatic carbocycles. The zero-order valence-electron chi connectivity index (χ0n) is 16.7. The number of rotatable bonds is 3. The lowest BCUT2D eigenvalue weighted by Crippen LogP contribution is -2.47. The van der Waals surface area contributed by atoms with Crippen LogP contribution in [-0.2, 0) is 23.9 Å². The molecule has 0 spiro atoms. The minimum atomic E-state index is -1.50. The van der Waals surface area contributed by atoms with Crippen LogP contribution in [-0.4, -0.2) is 42.5 Å². The number of benzene rings is 1. The number of carbonyl (C=O) groups excluding carboxylic acids is 5. The highest BCUT2D eigenvalue weighted by Gasteiger charge is 2.50. The molecule has 7 heteroatoms. The molecule has 0 heterocycles. The summed E-state index contributed by atoms with van der Waals surface area (Å²) in [7, 11) is 1.19. The molecule has 0 unspecified atom stereocenters. The van der Waals surface area contributed by atoms with Gasteiger partial charge in [0.1, 0.15) is 0 Å². The van der Waals surface area contributed by atoms with Gasteiger partial charge < -0.3 is 9.47 Å². The summed E-state index contributed by atoms with van der Waals surface area (Å²) in [5.41, 5.74) is -0.281. The number of hydrogen-bond acceptors (Lipinski definition) is 7. The van der Waals surface area contributed by atoms with E-state index in [9.17, 15) is 24.0 Å². The Balaban J connectivity index is 2.26. The van der Waals surface area contributed by atoms with Crippen molar-refractivity contribution in [3.05, 3.63) is 46.5 Å². The Bertz CT molecular complexity index is 967. The van der Waals surface area contributed by atoms with E-state index in [4.69, 9.17) is 9.47 Å². The van der Waals surface area contributed by atoms with Gasteiger partial charge in [-0.15, -0.1) is 0 Å². The summed E-state index contributed by atoms with van der Waals surface area (Å²) in [6, 6.07) is 6.17. The van der Waals surface area contributed by atoms with Crippen LogP contribution in [0.1, 0.15) is 54.3 Å². The van der Waals surface area contributed by atoms with Crippen molar-refractivity contribution in [1.29, 1.82) is 0 Å². The lowest BCUT2D eigenvalue weighted by atomic mass is 9.66. The number of Topliss-reactive ketones (excluding diaryl/α,β-unsaturated/α-hetero) is 3. The quantitative estimate of drug-likeness (QED) is 0.721. The van der Waals surface area contributed by atoms with Crippen molar-refractivity contribution in [2.75, 3.05) is 7.11 Å². The van der Waals surface area contributed by atoms with Gasteiger partial charge in [0.15, 0.2) is 17.7 Å². The molecule has 2 atom stereocenters. The number of methoxy groups -OCH3 is 1. The monoisotopic (exact) mass is 398 g/mol. The molecular weight excluding hydrogens is 376 g/mol. The summed E-state index contributed by atoms with van der Waals surface area (Å²) < 4.78 is 10.1. The van der Waals surface area contributed by atoms with Crippen molar-refractivity contribution in [2.24, 2.45) is 11.3 Å². The number of hydrogen-bond donors (Lipinski definition) is 0. The fourth-order valence-electron chi connectivity index (χ4n) is 4.11. The van der Waals surface area contributed by atoms with E-state index in [-0.39, 0.29) is 35.1 Å². The molecule has 0 saturated carbocycles. The first-order valence-corrected chi connectivity index (χ1v) is 9.26. The average molecular weight is 398 g/mol. The van der Waals surface area contributed by atoms with Crippen LogP contribution < -0.4 is 0 Å². The number of fused-ring (bicyclic) bond motifs is 1. The third-order valence-corrected chi connectivity index (χ3v) is 5.26. The number of ether oxygens (including phenoxy) is 2. The predicted molar refractivity (Wildman–Crippen MR) is 101 cm³/mol. The van der Waals surface area contributed by atoms with Gasteiger partial charge in [-0.25, -0.2) is 4.79 Å². The van der Waals surface area contributed by atoms with Crippen molar-refractivity contribution >= 4 is 29.3 Å². The van der Waals surface area contributed by atoms with Crippen LogP contribution >= 0.6 is 0 Å². The zero-order valence-corrected chi connectivity index (χ0v) is 16.7. The van der Waals surface area contributed by atoms with E-state index in [2.05, 4.69) is 0 Å². The van der Waals surface area contributed by atoms with Gasteiger partial charge in [-0.2, -0.15) is 0 Å². The van der Waals surface area contributed by atoms with E-state index >= 15 is 0 Å². The summed E-state index contributed by atoms with van der Waals surface area (Å²) in [6.07, 6.45) is -1.21. The lowest BCUT2D eigenvalue weighted by Gasteiger charge is -2.37. The first-order valence-electron chi connectivity index (χ1n) is 9.26. The van der Waals surface area contributed by atoms with E-state index in [0.717, 1.165) is 6.92 Å². The smallest absolute Gasteiger partial charge is 0.334 e. The molecule has 1 aromatic rings. The van der Waals surface area contributed by atoms with Gasteiger partial charge in [-0.05, 0) is 11.8 Å². The van der Waals surface area contributed by atoms with Crippen LogP contribution in [0.15, 0.2) is 35.4 Å². The molecule has 0 saturated heterocycles. The second kappa shape index (κ2) is 7.39. The molecule has 152 valence electrons. The maximum absolute atomic E-state index is 13.3. The Kier molecular flexibility index (Phi) is 5.26. The predicted octanol–water partition coefficient (Wildman–Crippen LogP) is 2.47. The van der Waals surface area contributed by atoms with E-state index < -0.39 is 46.7 Å². The summed E-state index contributed by atoms with van der Waals surface area (Å²) >= 11 is 0. The fourth-order valence-corrected chi connectivity index (χ4v) is 4.11. The summed E-state index contributed by atoms with van der Waals surface area (Å²) in [5.74, 6) is -4.40. The normalized spacial score (nSPS) is 23.5. The Morgan fingerprint density at radius 1 is 1.00 bits per heavy atom. The summed E-state index contributed by atoms with van der Waals surface area (Å²) in [4.78, 5) is 63.6. The highest BCUT2D eigenvalue weighted by atomic mass is 16.5. The van der Waals surface area contributed by atoms with Crippen LogP contribution in [0.2, 0.25) is 0 Å². The van der Waals surface area contributed by atoms with Gasteiger partial charge in [-0.3, -0.25) is 19.2 Å². The Morgan fingerprint density at radius 3 is 2.14 bits per heavy atom. The SMILES string of the molecule is COC(=O)C1=C([C@H]2C(=O)c3ccccc3C(=O)[C@H]2OC(C)=O)C(=O)CC(C)(C)C1. The van der Waals surface area contributed by atoms with Crippen LogP contribution in [0.25, 0.3) is 0 Å². The average Bonchev–Trinajstić information content (AvgIpc) is 2.65. The highest BCUT2D eigenvalue weighted by molar-refractivity contribution is 6.22. The molecule has 7 nitrogen and oxygen atoms in total. The van der Waals surface area contributed by atoms with E-state index in [1.54, 1.807) is 12.1 Å². The van der Waals surface area contributed by atoms with E-state index in [0.29, 0.717) is 0 Å². The topological polar surface area (TPSA) is 104 Å². The highest BCUT2D eigenvalue weighted by Crippen LogP contribution is 2.43. The van der Waals surface area contributed by atoms with Crippen LogP contribution in [0.4, 0.5) is 0 Å². The third-order valence-electron chi connectivity index (χ3n) is 5.26. The van der Waals surface area contributed by atoms with Gasteiger partial charge in [0.05, 0.1) is 13.0 Å². The van der Waals surface area contributed by atoms with Crippen LogP contribution in [0.3, 0.4) is 0 Å². The van der Waals surface area contributed by atoms with Crippen molar-refractivity contribution in [3.63, 3.8) is 0 Å². The first-order chi connectivity index (χ1) is 13.6. The Morgan fingerprint density at radius 2 is 1.59 bits per heavy atom. The first kappa shape index (κ1) is 20.6. The van der Waals surface area contributed by atoms with Crippen molar-refractivity contribution in [2.45, 2.75) is 39.7 Å². The van der Waals surface area contributed by atoms with Crippen molar-refractivity contribution in [3.8, 4) is 0 Å². The van der Waals surface area contributed by atoms with Gasteiger partial charge in [0.2, 0.25) is 5.78 Å². The molecule has 1 aromatic carbocycles. The molecule has 0 aliphatic heterocycles. The molecule has 2 aliphatic rings. The van der Waals surface area contributed by atoms with Gasteiger partial charge >= 0.3 is 11.9 Å². The fraction of sp³-hybridized carbons (Fsp3) is 0.409. The largest absolute Gasteiger partial charge is 0.466 e. The summed E-state index contributed by atoms with van der Waals surface area (Å²) in [5, 5.41) is 0. The molecule has 0 N–H and O–H groups in total. The number of carbonyl (C=O) groups is 5. The molecule has 3 rings (SSSR count). The standard InChI is InChI=1S/C22H22O7/c1-11(23)29-20-17(18(25)12-7-5-6-8-13(12)19(20)26)16-14(21(27)28-4)9-22(2,3)10-15(16)24/h5-8,17,20H,9-10H2,1-4H3/t17-,20-/m0/s1. The number of ketones is 3. The molecule has 0 amide bonds. The molecule has 0 fully saturated rings. The minimum absolute atomic E-state index is 0.0523. The summed E-state index contributed by atoms with van der Waals surface area (Å²) in [6.45, 7) is 4.78. The van der Waals surface area contributed by atoms with Crippen LogP contribution in [0.5, 0.6) is 0 Å². The minimum Gasteiger partial charge on any atom is -0.466 e. The Hall–Kier alpha value is -3.09. The third kappa shape index (κ3) is 3.64. The molecule has 0 radical (unpaired) electrons. The van der Waals surface area contributed by atoms with E-state index in [1.807, 2.05) is 13.8 Å². The Labute approximate surface area is 168 Å². The molecule has 0 aromatic heterocycles. The number of esters is 2. The zero-order chi connectivity index (χ0) is 21.5. The van der Waals surface area contributed by atoms with Crippen molar-refractivity contribution in [1.82, 2.24) is 0 Å². The van der Waals surface area contributed by atoms with Gasteiger partial charge in [0.25, 0.3) is 0 Å². The second-order valence-electron chi connectivity index (χ2n) is 8.11. The van der Waals surface area contributed by atoms with E-state index in [1.165, 1.54) is 19.2 Å². The molecule has 29 heavy (non-hydrogen) atoms. The lowest BCUT2D eigenvalue weighted by molar-refractivity contribution is -0.145. The van der Waals surface area contributed by atoms with Crippen LogP contribution in [0, 0.1) is 11.3 Å². The maximum Gasteiger partial charge on any atom is 0.334 e. The van der Waals surface area contributed by atoms with Crippen molar-refractivity contribution < 1.29 is 33.4 Å². The molecule has 0 bridgehead atoms.